The van der Waals surface area contributed by atoms with E-state index in [0.717, 1.165) is 11.3 Å². The van der Waals surface area contributed by atoms with Crippen LogP contribution in [0.25, 0.3) is 0 Å². The largest absolute Gasteiger partial charge is 0.358 e. The van der Waals surface area contributed by atoms with Gasteiger partial charge >= 0.3 is 10.1 Å². The molecule has 10 heteroatoms. The van der Waals surface area contributed by atoms with E-state index in [0.29, 0.717) is 0 Å². The molecule has 0 saturated carbocycles. The second-order valence-electron chi connectivity index (χ2n) is 4.56. The molecule has 0 amide bonds. The van der Waals surface area contributed by atoms with Crippen molar-refractivity contribution < 1.29 is 21.0 Å². The number of aromatic nitrogens is 1. The molecule has 2 aromatic rings. The number of pyridine rings is 1. The number of nitrogens with zero attached hydrogens (tertiary/aromatic N) is 1. The third-order valence-corrected chi connectivity index (χ3v) is 6.44. The molecule has 0 aliphatic heterocycles. The molecule has 0 spiro atoms. The highest BCUT2D eigenvalue weighted by atomic mass is 32.3. The van der Waals surface area contributed by atoms with Crippen molar-refractivity contribution >= 4 is 31.5 Å². The monoisotopic (exact) mass is 362 g/mol. The van der Waals surface area contributed by atoms with Crippen LogP contribution < -0.4 is 8.91 Å². The molecule has 0 aliphatic carbocycles. The predicted octanol–water partition coefficient (Wildman–Crippen LogP) is 1.60. The first-order valence-corrected chi connectivity index (χ1v) is 9.95. The zero-order valence-corrected chi connectivity index (χ0v) is 14.2. The molecule has 0 unspecified atom stereocenters. The van der Waals surface area contributed by atoms with Gasteiger partial charge in [-0.25, -0.2) is 13.1 Å². The summed E-state index contributed by atoms with van der Waals surface area (Å²) in [6.07, 6.45) is 0. The van der Waals surface area contributed by atoms with Crippen LogP contribution in [0.15, 0.2) is 44.9 Å². The Kier molecular flexibility index (Phi) is 4.85. The van der Waals surface area contributed by atoms with E-state index in [1.165, 1.54) is 24.3 Å². The summed E-state index contributed by atoms with van der Waals surface area (Å²) < 4.78 is 55.2. The van der Waals surface area contributed by atoms with E-state index >= 15 is 0 Å². The lowest BCUT2D eigenvalue weighted by Crippen LogP contribution is -2.30. The van der Waals surface area contributed by atoms with Crippen LogP contribution in [0, 0.1) is 0 Å². The Labute approximate surface area is 133 Å². The number of nitrogens with one attached hydrogen (secondary N) is 1. The quantitative estimate of drug-likeness (QED) is 0.783. The molecule has 2 rings (SSSR count). The van der Waals surface area contributed by atoms with Crippen molar-refractivity contribution in [1.82, 2.24) is 9.71 Å². The average Bonchev–Trinajstić information content (AvgIpc) is 2.91. The number of hydrogen-bond acceptors (Lipinski definition) is 7. The van der Waals surface area contributed by atoms with Crippen molar-refractivity contribution in [2.75, 3.05) is 0 Å². The summed E-state index contributed by atoms with van der Waals surface area (Å²) >= 11 is 0.996. The average molecular weight is 362 g/mol. The van der Waals surface area contributed by atoms with Crippen molar-refractivity contribution in [3.8, 4) is 5.88 Å². The third kappa shape index (κ3) is 4.03. The minimum Gasteiger partial charge on any atom is -0.358 e. The fourth-order valence-corrected chi connectivity index (χ4v) is 4.56. The molecule has 0 atom stereocenters. The highest BCUT2D eigenvalue weighted by Gasteiger charge is 2.21. The highest BCUT2D eigenvalue weighted by molar-refractivity contribution is 7.89. The topological polar surface area (TPSA) is 102 Å². The fraction of sp³-hybridized carbons (Fsp3) is 0.250. The van der Waals surface area contributed by atoms with Crippen LogP contribution in [0.2, 0.25) is 0 Å². The van der Waals surface area contributed by atoms with E-state index in [2.05, 4.69) is 9.71 Å². The van der Waals surface area contributed by atoms with Crippen LogP contribution in [-0.2, 0) is 20.1 Å². The molecule has 7 nitrogen and oxygen atoms in total. The number of sulfonamides is 1. The predicted molar refractivity (Wildman–Crippen MR) is 81.8 cm³/mol. The molecule has 2 heterocycles. The summed E-state index contributed by atoms with van der Waals surface area (Å²) in [4.78, 5) is 3.75. The fourth-order valence-electron chi connectivity index (χ4n) is 1.52. The Morgan fingerprint density at radius 2 is 1.86 bits per heavy atom. The van der Waals surface area contributed by atoms with Crippen LogP contribution in [0.4, 0.5) is 0 Å². The SMILES string of the molecule is CC(C)NS(=O)(=O)c1cccc(OS(=O)(=O)c2cccs2)n1. The summed E-state index contributed by atoms with van der Waals surface area (Å²) in [6, 6.07) is 6.55. The summed E-state index contributed by atoms with van der Waals surface area (Å²) in [5.74, 6) is -0.306. The van der Waals surface area contributed by atoms with E-state index in [4.69, 9.17) is 4.18 Å². The summed E-state index contributed by atoms with van der Waals surface area (Å²) in [5, 5.41) is 1.29. The lowest BCUT2D eigenvalue weighted by molar-refractivity contribution is 0.474. The molecule has 0 aliphatic rings. The zero-order chi connectivity index (χ0) is 16.4. The van der Waals surface area contributed by atoms with E-state index < -0.39 is 20.1 Å². The van der Waals surface area contributed by atoms with Crippen molar-refractivity contribution in [1.29, 1.82) is 0 Å². The number of rotatable bonds is 6. The Hall–Kier alpha value is -1.49. The molecular weight excluding hydrogens is 348 g/mol. The van der Waals surface area contributed by atoms with E-state index in [9.17, 15) is 16.8 Å². The van der Waals surface area contributed by atoms with E-state index in [1.807, 2.05) is 0 Å². The smallest absolute Gasteiger partial charge is 0.350 e. The van der Waals surface area contributed by atoms with Crippen LogP contribution in [0.5, 0.6) is 5.88 Å². The first-order valence-electron chi connectivity index (χ1n) is 6.18. The molecule has 0 saturated heterocycles. The summed E-state index contributed by atoms with van der Waals surface area (Å²) in [7, 11) is -7.84. The molecular formula is C12H14N2O5S3. The lowest BCUT2D eigenvalue weighted by atomic mass is 10.4. The Morgan fingerprint density at radius 3 is 2.45 bits per heavy atom. The lowest BCUT2D eigenvalue weighted by Gasteiger charge is -2.10. The normalized spacial score (nSPS) is 12.5. The minimum absolute atomic E-state index is 0.0165. The Balaban J connectivity index is 2.30. The van der Waals surface area contributed by atoms with E-state index in [1.54, 1.807) is 25.3 Å². The maximum absolute atomic E-state index is 12.0. The molecule has 0 radical (unpaired) electrons. The summed E-state index contributed by atoms with van der Waals surface area (Å²) in [5.41, 5.74) is 0. The maximum atomic E-state index is 12.0. The molecule has 1 N–H and O–H groups in total. The van der Waals surface area contributed by atoms with Crippen LogP contribution in [0.1, 0.15) is 13.8 Å². The van der Waals surface area contributed by atoms with Gasteiger partial charge < -0.3 is 4.18 Å². The Morgan fingerprint density at radius 1 is 1.14 bits per heavy atom. The second kappa shape index (κ2) is 6.32. The minimum atomic E-state index is -4.01. The molecule has 0 fully saturated rings. The van der Waals surface area contributed by atoms with Gasteiger partial charge in [0.15, 0.2) is 9.24 Å². The van der Waals surface area contributed by atoms with Gasteiger partial charge in [-0.15, -0.1) is 11.3 Å². The van der Waals surface area contributed by atoms with Crippen LogP contribution in [-0.4, -0.2) is 27.9 Å². The summed E-state index contributed by atoms with van der Waals surface area (Å²) in [6.45, 7) is 3.33. The molecule has 0 aromatic carbocycles. The van der Waals surface area contributed by atoms with Crippen molar-refractivity contribution in [2.45, 2.75) is 29.1 Å². The first-order chi connectivity index (χ1) is 10.2. The van der Waals surface area contributed by atoms with Gasteiger partial charge in [0.2, 0.25) is 5.88 Å². The van der Waals surface area contributed by atoms with Gasteiger partial charge in [0.1, 0.15) is 0 Å². The van der Waals surface area contributed by atoms with Crippen molar-refractivity contribution in [2.24, 2.45) is 0 Å². The highest BCUT2D eigenvalue weighted by Crippen LogP contribution is 2.21. The third-order valence-electron chi connectivity index (χ3n) is 2.30. The maximum Gasteiger partial charge on any atom is 0.350 e. The zero-order valence-electron chi connectivity index (χ0n) is 11.8. The molecule has 120 valence electrons. The molecule has 2 aromatic heterocycles. The van der Waals surface area contributed by atoms with E-state index in [-0.39, 0.29) is 21.2 Å². The first kappa shape index (κ1) is 16.9. The van der Waals surface area contributed by atoms with Gasteiger partial charge in [0.05, 0.1) is 0 Å². The van der Waals surface area contributed by atoms with Crippen molar-refractivity contribution in [3.63, 3.8) is 0 Å². The second-order valence-corrected chi connectivity index (χ2v) is 8.94. The van der Waals surface area contributed by atoms with Gasteiger partial charge in [0, 0.05) is 12.1 Å². The van der Waals surface area contributed by atoms with Gasteiger partial charge in [0.25, 0.3) is 10.0 Å². The van der Waals surface area contributed by atoms with Crippen molar-refractivity contribution in [3.05, 3.63) is 35.7 Å². The Bertz CT molecular complexity index is 843. The standard InChI is InChI=1S/C12H14N2O5S3/c1-9(2)14-21(15,16)11-6-3-5-10(13-11)19-22(17,18)12-7-4-8-20-12/h3-9,14H,1-2H3. The van der Waals surface area contributed by atoms with Crippen LogP contribution in [0.3, 0.4) is 0 Å². The number of hydrogen-bond donors (Lipinski definition) is 1. The van der Waals surface area contributed by atoms with Gasteiger partial charge in [-0.1, -0.05) is 12.1 Å². The van der Waals surface area contributed by atoms with Gasteiger partial charge in [-0.3, -0.25) is 0 Å². The molecule has 22 heavy (non-hydrogen) atoms. The van der Waals surface area contributed by atoms with Gasteiger partial charge in [-0.2, -0.15) is 13.4 Å². The molecule has 0 bridgehead atoms. The number of thiophene rings is 1. The van der Waals surface area contributed by atoms with Crippen LogP contribution >= 0.6 is 11.3 Å². The van der Waals surface area contributed by atoms with Gasteiger partial charge in [-0.05, 0) is 31.4 Å².